The molecule has 28 heavy (non-hydrogen) atoms. The molecule has 1 atom stereocenters. The summed E-state index contributed by atoms with van der Waals surface area (Å²) in [4.78, 5) is 14.9. The zero-order valence-corrected chi connectivity index (χ0v) is 17.0. The van der Waals surface area contributed by atoms with Crippen LogP contribution in [-0.4, -0.2) is 22.8 Å². The van der Waals surface area contributed by atoms with E-state index in [1.807, 2.05) is 0 Å². The molecule has 2 aliphatic carbocycles. The molecule has 0 fully saturated rings. The first-order chi connectivity index (χ1) is 13.3. The summed E-state index contributed by atoms with van der Waals surface area (Å²) in [5.41, 5.74) is 11.9. The van der Waals surface area contributed by atoms with Gasteiger partial charge >= 0.3 is 0 Å². The second kappa shape index (κ2) is 8.18. The molecule has 1 aromatic carbocycles. The number of anilines is 1. The molecule has 2 aliphatic rings. The number of rotatable bonds is 8. The average molecular weight is 402 g/mol. The minimum Gasteiger partial charge on any atom is -0.403 e. The summed E-state index contributed by atoms with van der Waals surface area (Å²) in [6.07, 6.45) is 8.73. The molecular weight excluding hydrogens is 374 g/mol. The number of nitrogens with zero attached hydrogens (tertiary/aromatic N) is 1. The van der Waals surface area contributed by atoms with Gasteiger partial charge in [-0.2, -0.15) is 0 Å². The van der Waals surface area contributed by atoms with E-state index < -0.39 is 9.92 Å². The number of aliphatic imine (C=N–C) groups is 1. The summed E-state index contributed by atoms with van der Waals surface area (Å²) in [5.74, 6) is 0.156. The fourth-order valence-corrected chi connectivity index (χ4v) is 4.78. The Bertz CT molecular complexity index is 945. The molecule has 0 aliphatic heterocycles. The highest BCUT2D eigenvalue weighted by Crippen LogP contribution is 2.38. The number of hydrogen-bond donors (Lipinski definition) is 4. The molecule has 5 N–H and O–H groups in total. The number of fused-ring (bicyclic) bond motifs is 2. The van der Waals surface area contributed by atoms with Crippen molar-refractivity contribution in [1.29, 1.82) is 4.78 Å². The van der Waals surface area contributed by atoms with Crippen LogP contribution >= 0.6 is 0 Å². The van der Waals surface area contributed by atoms with Crippen molar-refractivity contribution in [3.8, 4) is 0 Å². The zero-order chi connectivity index (χ0) is 20.3. The minimum absolute atomic E-state index is 0.000203. The Morgan fingerprint density at radius 1 is 1.29 bits per heavy atom. The number of benzene rings is 1. The molecule has 7 nitrogen and oxygen atoms in total. The first-order valence-corrected chi connectivity index (χ1v) is 11.0. The smallest absolute Gasteiger partial charge is 0.160 e. The molecule has 0 saturated carbocycles. The van der Waals surface area contributed by atoms with Gasteiger partial charge in [0.25, 0.3) is 0 Å². The standard InChI is InChI=1S/C20H27N5O2S/c1-13(26)11-23-12-17(10-21)28(22,27)25-14(2)24-20-18-7-3-5-15(18)9-16-6-4-8-19(16)20/h9-10,12,24H,2-8,11,21H2,1H3,(H2,22,25,27)/b17-10+,23-12?. The topological polar surface area (TPSA) is 120 Å². The van der Waals surface area contributed by atoms with E-state index in [-0.39, 0.29) is 23.1 Å². The zero-order valence-electron chi connectivity index (χ0n) is 16.1. The van der Waals surface area contributed by atoms with Crippen molar-refractivity contribution in [2.45, 2.75) is 45.4 Å². The predicted octanol–water partition coefficient (Wildman–Crippen LogP) is 2.56. The maximum absolute atomic E-state index is 12.8. The third-order valence-electron chi connectivity index (χ3n) is 5.04. The molecule has 0 heterocycles. The van der Waals surface area contributed by atoms with Crippen molar-refractivity contribution in [3.63, 3.8) is 0 Å². The third kappa shape index (κ3) is 4.27. The monoisotopic (exact) mass is 401 g/mol. The highest BCUT2D eigenvalue weighted by molar-refractivity contribution is 7.95. The van der Waals surface area contributed by atoms with Gasteiger partial charge in [-0.05, 0) is 67.7 Å². The van der Waals surface area contributed by atoms with Crippen LogP contribution in [0.5, 0.6) is 0 Å². The maximum atomic E-state index is 12.8. The Hall–Kier alpha value is -2.61. The number of carbonyl (C=O) groups excluding carboxylic acids is 1. The van der Waals surface area contributed by atoms with Crippen LogP contribution in [0.2, 0.25) is 0 Å². The van der Waals surface area contributed by atoms with E-state index >= 15 is 0 Å². The average Bonchev–Trinajstić information content (AvgIpc) is 3.26. The lowest BCUT2D eigenvalue weighted by atomic mass is 9.99. The van der Waals surface area contributed by atoms with Crippen LogP contribution in [-0.2, 0) is 40.4 Å². The van der Waals surface area contributed by atoms with Gasteiger partial charge in [0.05, 0.1) is 6.54 Å². The van der Waals surface area contributed by atoms with Crippen LogP contribution in [0.4, 0.5) is 5.69 Å². The van der Waals surface area contributed by atoms with Gasteiger partial charge in [0, 0.05) is 18.1 Å². The van der Waals surface area contributed by atoms with E-state index in [0.717, 1.165) is 50.4 Å². The third-order valence-corrected chi connectivity index (χ3v) is 6.48. The number of allylic oxidation sites excluding steroid dienone is 1. The molecule has 0 radical (unpaired) electrons. The molecule has 1 aromatic rings. The second-order valence-electron chi connectivity index (χ2n) is 7.24. The number of aryl methyl sites for hydroxylation is 2. The SMILES string of the molecule is C=C(Nc1c2c(cc3c1CCC3)CCC2)NS(=N)(=O)/C(C=NCC(C)=O)=C/N. The Balaban J connectivity index is 1.78. The van der Waals surface area contributed by atoms with Crippen molar-refractivity contribution in [1.82, 2.24) is 4.72 Å². The number of nitrogens with one attached hydrogen (secondary N) is 3. The molecule has 8 heteroatoms. The van der Waals surface area contributed by atoms with E-state index in [2.05, 4.69) is 27.7 Å². The lowest BCUT2D eigenvalue weighted by Crippen LogP contribution is -2.28. The Morgan fingerprint density at radius 2 is 1.89 bits per heavy atom. The van der Waals surface area contributed by atoms with Gasteiger partial charge in [0.2, 0.25) is 0 Å². The van der Waals surface area contributed by atoms with Gasteiger partial charge in [0.15, 0.2) is 15.7 Å². The quantitative estimate of drug-likeness (QED) is 0.500. The van der Waals surface area contributed by atoms with Crippen molar-refractivity contribution in [2.24, 2.45) is 10.7 Å². The van der Waals surface area contributed by atoms with Crippen molar-refractivity contribution < 1.29 is 9.00 Å². The number of nitrogens with two attached hydrogens (primary N) is 1. The van der Waals surface area contributed by atoms with Gasteiger partial charge in [0.1, 0.15) is 10.7 Å². The highest BCUT2D eigenvalue weighted by atomic mass is 32.2. The molecule has 0 aromatic heterocycles. The Kier molecular flexibility index (Phi) is 5.88. The number of hydrogen-bond acceptors (Lipinski definition) is 6. The summed E-state index contributed by atoms with van der Waals surface area (Å²) >= 11 is 0. The van der Waals surface area contributed by atoms with Crippen LogP contribution in [0.3, 0.4) is 0 Å². The molecule has 0 amide bonds. The normalized spacial score (nSPS) is 17.8. The van der Waals surface area contributed by atoms with Crippen LogP contribution in [0.1, 0.15) is 42.0 Å². The van der Waals surface area contributed by atoms with Gasteiger partial charge in [-0.3, -0.25) is 14.5 Å². The minimum atomic E-state index is -3.45. The summed E-state index contributed by atoms with van der Waals surface area (Å²) in [6.45, 7) is 5.28. The number of ketones is 1. The van der Waals surface area contributed by atoms with Gasteiger partial charge in [-0.25, -0.2) is 8.99 Å². The molecule has 0 spiro atoms. The lowest BCUT2D eigenvalue weighted by molar-refractivity contribution is -0.115. The molecule has 150 valence electrons. The van der Waals surface area contributed by atoms with E-state index in [1.54, 1.807) is 0 Å². The predicted molar refractivity (Wildman–Crippen MR) is 114 cm³/mol. The number of Topliss-reactive ketones (excluding diaryl/α,β-unsaturated/α-hetero) is 1. The lowest BCUT2D eigenvalue weighted by Gasteiger charge is -2.20. The van der Waals surface area contributed by atoms with Gasteiger partial charge < -0.3 is 11.1 Å². The Labute approximate surface area is 166 Å². The molecular formula is C20H27N5O2S. The summed E-state index contributed by atoms with van der Waals surface area (Å²) in [6, 6.07) is 2.33. The van der Waals surface area contributed by atoms with Crippen LogP contribution in [0.25, 0.3) is 0 Å². The summed E-state index contributed by atoms with van der Waals surface area (Å²) in [5, 5.41) is 3.28. The number of carbonyl (C=O) groups is 1. The fraction of sp³-hybridized carbons (Fsp3) is 0.400. The van der Waals surface area contributed by atoms with Crippen molar-refractivity contribution in [3.05, 3.63) is 51.8 Å². The maximum Gasteiger partial charge on any atom is 0.160 e. The second-order valence-corrected chi connectivity index (χ2v) is 9.02. The first-order valence-electron chi connectivity index (χ1n) is 9.42. The van der Waals surface area contributed by atoms with Gasteiger partial charge in [-0.1, -0.05) is 12.6 Å². The summed E-state index contributed by atoms with van der Waals surface area (Å²) in [7, 11) is -3.45. The van der Waals surface area contributed by atoms with E-state index in [0.29, 0.717) is 0 Å². The van der Waals surface area contributed by atoms with Crippen molar-refractivity contribution in [2.75, 3.05) is 11.9 Å². The largest absolute Gasteiger partial charge is 0.403 e. The van der Waals surface area contributed by atoms with Crippen LogP contribution < -0.4 is 15.8 Å². The fourth-order valence-electron chi connectivity index (χ4n) is 3.85. The summed E-state index contributed by atoms with van der Waals surface area (Å²) < 4.78 is 23.6. The Morgan fingerprint density at radius 3 is 2.43 bits per heavy atom. The molecule has 0 saturated heterocycles. The van der Waals surface area contributed by atoms with E-state index in [4.69, 9.17) is 10.5 Å². The van der Waals surface area contributed by atoms with Crippen LogP contribution in [0.15, 0.2) is 34.6 Å². The molecule has 1 unspecified atom stereocenters. The van der Waals surface area contributed by atoms with Crippen molar-refractivity contribution >= 4 is 27.6 Å². The van der Waals surface area contributed by atoms with Gasteiger partial charge in [-0.15, -0.1) is 0 Å². The molecule has 3 rings (SSSR count). The van der Waals surface area contributed by atoms with E-state index in [9.17, 15) is 9.00 Å². The highest BCUT2D eigenvalue weighted by Gasteiger charge is 2.24. The first kappa shape index (κ1) is 20.1. The van der Waals surface area contributed by atoms with E-state index in [1.165, 1.54) is 35.4 Å². The molecule has 0 bridgehead atoms. The van der Waals surface area contributed by atoms with Crippen LogP contribution in [0, 0.1) is 4.78 Å².